The maximum atomic E-state index is 13.6. The Hall–Kier alpha value is -4.19. The highest BCUT2D eigenvalue weighted by Gasteiger charge is 2.30. The Bertz CT molecular complexity index is 1300. The lowest BCUT2D eigenvalue weighted by molar-refractivity contribution is -0.142. The summed E-state index contributed by atoms with van der Waals surface area (Å²) in [6.45, 7) is 2.19. The second-order valence-electron chi connectivity index (χ2n) is 8.51. The van der Waals surface area contributed by atoms with E-state index in [0.29, 0.717) is 18.7 Å². The predicted molar refractivity (Wildman–Crippen MR) is 139 cm³/mol. The first kappa shape index (κ1) is 24.9. The van der Waals surface area contributed by atoms with E-state index in [1.165, 1.54) is 17.0 Å². The van der Waals surface area contributed by atoms with Crippen LogP contribution in [0.15, 0.2) is 97.1 Å². The second-order valence-corrected chi connectivity index (χ2v) is 8.51. The van der Waals surface area contributed by atoms with Gasteiger partial charge in [0, 0.05) is 24.9 Å². The normalized spacial score (nSPS) is 11.6. The summed E-state index contributed by atoms with van der Waals surface area (Å²) in [7, 11) is 0. The summed E-state index contributed by atoms with van der Waals surface area (Å²) in [6, 6.07) is 28.2. The number of likely N-dealkylation sites (N-methyl/N-ethyl adjacent to an activating group) is 1. The molecule has 0 spiro atoms. The van der Waals surface area contributed by atoms with Crippen LogP contribution in [-0.2, 0) is 22.6 Å². The third-order valence-corrected chi connectivity index (χ3v) is 5.99. The molecule has 0 aliphatic carbocycles. The molecule has 36 heavy (non-hydrogen) atoms. The van der Waals surface area contributed by atoms with Gasteiger partial charge in [0.05, 0.1) is 0 Å². The van der Waals surface area contributed by atoms with Gasteiger partial charge in [0.1, 0.15) is 17.6 Å². The molecule has 0 saturated carbocycles. The number of carbonyl (C=O) groups is 2. The van der Waals surface area contributed by atoms with E-state index in [-0.39, 0.29) is 30.8 Å². The maximum absolute atomic E-state index is 13.6. The van der Waals surface area contributed by atoms with Crippen LogP contribution in [0.1, 0.15) is 18.1 Å². The third kappa shape index (κ3) is 6.27. The van der Waals surface area contributed by atoms with Crippen molar-refractivity contribution in [3.05, 3.63) is 114 Å². The molecule has 4 rings (SSSR count). The molecule has 4 aromatic rings. The number of carbonyl (C=O) groups excluding carboxylic acids is 2. The van der Waals surface area contributed by atoms with Gasteiger partial charge in [0.15, 0.2) is 6.61 Å². The van der Waals surface area contributed by atoms with Crippen molar-refractivity contribution in [1.29, 1.82) is 0 Å². The molecule has 0 saturated heterocycles. The van der Waals surface area contributed by atoms with Gasteiger partial charge in [0.2, 0.25) is 5.91 Å². The van der Waals surface area contributed by atoms with Gasteiger partial charge in [-0.15, -0.1) is 0 Å². The van der Waals surface area contributed by atoms with E-state index in [4.69, 9.17) is 4.74 Å². The summed E-state index contributed by atoms with van der Waals surface area (Å²) < 4.78 is 19.5. The van der Waals surface area contributed by atoms with Crippen molar-refractivity contribution in [2.45, 2.75) is 25.9 Å². The summed E-state index contributed by atoms with van der Waals surface area (Å²) in [5, 5.41) is 4.77. The molecule has 0 aliphatic rings. The van der Waals surface area contributed by atoms with E-state index in [1.54, 1.807) is 12.1 Å². The van der Waals surface area contributed by atoms with Crippen molar-refractivity contribution in [1.82, 2.24) is 10.2 Å². The van der Waals surface area contributed by atoms with Crippen LogP contribution < -0.4 is 10.1 Å². The maximum Gasteiger partial charge on any atom is 0.261 e. The van der Waals surface area contributed by atoms with Gasteiger partial charge >= 0.3 is 0 Å². The second kappa shape index (κ2) is 12.0. The van der Waals surface area contributed by atoms with Gasteiger partial charge in [-0.25, -0.2) is 4.39 Å². The molecule has 0 heterocycles. The SMILES string of the molecule is CCNC(=O)[C@@H](Cc1ccccc1)N(Cc1ccc(F)cc1)C(=O)COc1cccc2ccccc12. The number of hydrogen-bond donors (Lipinski definition) is 1. The number of benzene rings is 4. The van der Waals surface area contributed by atoms with E-state index in [0.717, 1.165) is 21.9 Å². The molecule has 6 heteroatoms. The molecular weight excluding hydrogens is 455 g/mol. The minimum absolute atomic E-state index is 0.145. The summed E-state index contributed by atoms with van der Waals surface area (Å²) in [4.78, 5) is 28.3. The number of nitrogens with one attached hydrogen (secondary N) is 1. The highest BCUT2D eigenvalue weighted by Crippen LogP contribution is 2.25. The van der Waals surface area contributed by atoms with Crippen LogP contribution in [0.25, 0.3) is 10.8 Å². The molecule has 0 aliphatic heterocycles. The zero-order valence-electron chi connectivity index (χ0n) is 20.2. The first-order chi connectivity index (χ1) is 17.5. The van der Waals surface area contributed by atoms with E-state index < -0.39 is 6.04 Å². The van der Waals surface area contributed by atoms with Crippen LogP contribution in [0.2, 0.25) is 0 Å². The summed E-state index contributed by atoms with van der Waals surface area (Å²) in [5.41, 5.74) is 1.65. The lowest BCUT2D eigenvalue weighted by Crippen LogP contribution is -2.51. The lowest BCUT2D eigenvalue weighted by atomic mass is 10.0. The van der Waals surface area contributed by atoms with Gasteiger partial charge in [-0.1, -0.05) is 78.9 Å². The quantitative estimate of drug-likeness (QED) is 0.339. The number of rotatable bonds is 10. The molecule has 5 nitrogen and oxygen atoms in total. The molecule has 0 radical (unpaired) electrons. The predicted octanol–water partition coefficient (Wildman–Crippen LogP) is 5.13. The van der Waals surface area contributed by atoms with Crippen LogP contribution >= 0.6 is 0 Å². The summed E-state index contributed by atoms with van der Waals surface area (Å²) >= 11 is 0. The van der Waals surface area contributed by atoms with E-state index in [9.17, 15) is 14.0 Å². The Morgan fingerprint density at radius 2 is 1.56 bits per heavy atom. The standard InChI is InChI=1S/C30H29FN2O3/c1-2-32-30(35)27(19-22-9-4-3-5-10-22)33(20-23-15-17-25(31)18-16-23)29(34)21-36-28-14-8-12-24-11-6-7-13-26(24)28/h3-18,27H,2,19-21H2,1H3,(H,32,35)/t27-/m1/s1. The Kier molecular flexibility index (Phi) is 8.29. The van der Waals surface area contributed by atoms with Crippen molar-refractivity contribution in [3.63, 3.8) is 0 Å². The minimum atomic E-state index is -0.763. The zero-order valence-corrected chi connectivity index (χ0v) is 20.2. The fourth-order valence-electron chi connectivity index (χ4n) is 4.18. The Labute approximate surface area is 210 Å². The Morgan fingerprint density at radius 1 is 0.861 bits per heavy atom. The van der Waals surface area contributed by atoms with E-state index >= 15 is 0 Å². The molecular formula is C30H29FN2O3. The van der Waals surface area contributed by atoms with Crippen LogP contribution in [0.4, 0.5) is 4.39 Å². The van der Waals surface area contributed by atoms with Crippen LogP contribution in [0, 0.1) is 5.82 Å². The van der Waals surface area contributed by atoms with Gasteiger partial charge in [-0.3, -0.25) is 9.59 Å². The molecule has 0 bridgehead atoms. The largest absolute Gasteiger partial charge is 0.483 e. The average Bonchev–Trinajstić information content (AvgIpc) is 2.91. The van der Waals surface area contributed by atoms with Crippen molar-refractivity contribution in [3.8, 4) is 5.75 Å². The fraction of sp³-hybridized carbons (Fsp3) is 0.200. The molecule has 1 N–H and O–H groups in total. The number of ether oxygens (including phenoxy) is 1. The van der Waals surface area contributed by atoms with Gasteiger partial charge < -0.3 is 15.0 Å². The zero-order chi connectivity index (χ0) is 25.3. The van der Waals surface area contributed by atoms with Gasteiger partial charge in [-0.2, -0.15) is 0 Å². The highest BCUT2D eigenvalue weighted by molar-refractivity contribution is 5.90. The molecule has 0 fully saturated rings. The van der Waals surface area contributed by atoms with Crippen LogP contribution in [-0.4, -0.2) is 35.9 Å². The summed E-state index contributed by atoms with van der Waals surface area (Å²) in [6.07, 6.45) is 0.341. The molecule has 1 atom stereocenters. The van der Waals surface area contributed by atoms with Gasteiger partial charge in [-0.05, 0) is 41.6 Å². The van der Waals surface area contributed by atoms with Crippen molar-refractivity contribution in [2.75, 3.05) is 13.2 Å². The van der Waals surface area contributed by atoms with E-state index in [2.05, 4.69) is 5.32 Å². The Balaban J connectivity index is 1.62. The number of hydrogen-bond acceptors (Lipinski definition) is 3. The highest BCUT2D eigenvalue weighted by atomic mass is 19.1. The monoisotopic (exact) mass is 484 g/mol. The smallest absolute Gasteiger partial charge is 0.261 e. The lowest BCUT2D eigenvalue weighted by Gasteiger charge is -2.31. The molecule has 0 aromatic heterocycles. The van der Waals surface area contributed by atoms with Crippen molar-refractivity contribution < 1.29 is 18.7 Å². The van der Waals surface area contributed by atoms with Gasteiger partial charge in [0.25, 0.3) is 5.91 Å². The third-order valence-electron chi connectivity index (χ3n) is 5.99. The molecule has 2 amide bonds. The Morgan fingerprint density at radius 3 is 2.31 bits per heavy atom. The average molecular weight is 485 g/mol. The first-order valence-electron chi connectivity index (χ1n) is 12.0. The number of fused-ring (bicyclic) bond motifs is 1. The van der Waals surface area contributed by atoms with Crippen molar-refractivity contribution in [2.24, 2.45) is 0 Å². The summed E-state index contributed by atoms with van der Waals surface area (Å²) in [5.74, 6) is -0.345. The van der Waals surface area contributed by atoms with Crippen LogP contribution in [0.5, 0.6) is 5.75 Å². The molecule has 0 unspecified atom stereocenters. The first-order valence-corrected chi connectivity index (χ1v) is 12.0. The molecule has 4 aromatic carbocycles. The number of halogens is 1. The topological polar surface area (TPSA) is 58.6 Å². The minimum Gasteiger partial charge on any atom is -0.483 e. The van der Waals surface area contributed by atoms with E-state index in [1.807, 2.05) is 79.7 Å². The van der Waals surface area contributed by atoms with Crippen molar-refractivity contribution >= 4 is 22.6 Å². The van der Waals surface area contributed by atoms with Crippen LogP contribution in [0.3, 0.4) is 0 Å². The fourth-order valence-corrected chi connectivity index (χ4v) is 4.18. The number of amides is 2. The number of nitrogens with zero attached hydrogens (tertiary/aromatic N) is 1. The molecule has 184 valence electrons.